The second-order valence-electron chi connectivity index (χ2n) is 4.48. The molecule has 3 rings (SSSR count). The zero-order valence-corrected chi connectivity index (χ0v) is 12.7. The molecule has 0 spiro atoms. The van der Waals surface area contributed by atoms with E-state index in [1.54, 1.807) is 16.9 Å². The van der Waals surface area contributed by atoms with E-state index >= 15 is 0 Å². The average Bonchev–Trinajstić information content (AvgIpc) is 2.97. The van der Waals surface area contributed by atoms with Crippen LogP contribution >= 0.6 is 23.2 Å². The van der Waals surface area contributed by atoms with E-state index < -0.39 is 0 Å². The molecular formula is C13H13Cl2N5. The highest BCUT2D eigenvalue weighted by molar-refractivity contribution is 6.31. The SMILES string of the molecule is CCc1nn(C)cc1-n1c(CCl)nc2cc(Cl)cnc21. The van der Waals surface area contributed by atoms with Crippen molar-refractivity contribution in [3.8, 4) is 5.69 Å². The lowest BCUT2D eigenvalue weighted by Crippen LogP contribution is -2.02. The second-order valence-corrected chi connectivity index (χ2v) is 5.19. The highest BCUT2D eigenvalue weighted by atomic mass is 35.5. The fourth-order valence-corrected chi connectivity index (χ4v) is 2.62. The van der Waals surface area contributed by atoms with E-state index in [1.165, 1.54) is 0 Å². The number of nitrogens with zero attached hydrogens (tertiary/aromatic N) is 5. The number of halogens is 2. The fraction of sp³-hybridized carbons (Fsp3) is 0.308. The highest BCUT2D eigenvalue weighted by Gasteiger charge is 2.17. The first-order valence-corrected chi connectivity index (χ1v) is 7.17. The van der Waals surface area contributed by atoms with Gasteiger partial charge >= 0.3 is 0 Å². The predicted molar refractivity (Wildman–Crippen MR) is 79.6 cm³/mol. The van der Waals surface area contributed by atoms with Crippen LogP contribution in [0.5, 0.6) is 0 Å². The van der Waals surface area contributed by atoms with E-state index in [9.17, 15) is 0 Å². The van der Waals surface area contributed by atoms with E-state index in [0.29, 0.717) is 10.9 Å². The normalized spacial score (nSPS) is 11.4. The molecule has 3 heterocycles. The first-order chi connectivity index (χ1) is 9.63. The molecule has 0 saturated heterocycles. The number of pyridine rings is 1. The molecule has 0 radical (unpaired) electrons. The largest absolute Gasteiger partial charge is 0.276 e. The number of alkyl halides is 1. The van der Waals surface area contributed by atoms with Crippen molar-refractivity contribution in [3.05, 3.63) is 35.0 Å². The molecule has 0 fully saturated rings. The number of aromatic nitrogens is 5. The molecule has 0 unspecified atom stereocenters. The Morgan fingerprint density at radius 1 is 1.35 bits per heavy atom. The van der Waals surface area contributed by atoms with Gasteiger partial charge in [-0.25, -0.2) is 9.97 Å². The summed E-state index contributed by atoms with van der Waals surface area (Å²) in [6, 6.07) is 1.79. The summed E-state index contributed by atoms with van der Waals surface area (Å²) in [5, 5.41) is 5.02. The fourth-order valence-electron chi connectivity index (χ4n) is 2.29. The molecular weight excluding hydrogens is 297 g/mol. The quantitative estimate of drug-likeness (QED) is 0.698. The van der Waals surface area contributed by atoms with Gasteiger partial charge in [-0.05, 0) is 12.5 Å². The van der Waals surface area contributed by atoms with Gasteiger partial charge in [-0.3, -0.25) is 9.25 Å². The Morgan fingerprint density at radius 2 is 2.15 bits per heavy atom. The van der Waals surface area contributed by atoms with Crippen molar-refractivity contribution in [1.29, 1.82) is 0 Å². The van der Waals surface area contributed by atoms with E-state index in [1.807, 2.05) is 17.8 Å². The maximum Gasteiger partial charge on any atom is 0.164 e. The third-order valence-electron chi connectivity index (χ3n) is 3.11. The standard InChI is InChI=1S/C13H13Cl2N5/c1-3-9-11(7-19(2)18-9)20-12(5-14)17-10-4-8(15)6-16-13(10)20/h4,6-7H,3,5H2,1-2H3. The number of hydrogen-bond donors (Lipinski definition) is 0. The summed E-state index contributed by atoms with van der Waals surface area (Å²) in [7, 11) is 1.90. The molecule has 0 aliphatic rings. The van der Waals surface area contributed by atoms with Gasteiger partial charge in [0.15, 0.2) is 5.65 Å². The van der Waals surface area contributed by atoms with Crippen LogP contribution in [0.2, 0.25) is 5.02 Å². The van der Waals surface area contributed by atoms with Crippen LogP contribution in [0.1, 0.15) is 18.4 Å². The van der Waals surface area contributed by atoms with Crippen LogP contribution in [0.3, 0.4) is 0 Å². The Labute approximate surface area is 126 Å². The zero-order valence-electron chi connectivity index (χ0n) is 11.1. The maximum atomic E-state index is 6.02. The van der Waals surface area contributed by atoms with Gasteiger partial charge in [0.25, 0.3) is 0 Å². The first kappa shape index (κ1) is 13.4. The molecule has 3 aromatic rings. The second kappa shape index (κ2) is 5.07. The van der Waals surface area contributed by atoms with Gasteiger partial charge in [0.05, 0.1) is 22.3 Å². The number of hydrogen-bond acceptors (Lipinski definition) is 3. The minimum atomic E-state index is 0.298. The van der Waals surface area contributed by atoms with Crippen molar-refractivity contribution in [2.24, 2.45) is 7.05 Å². The summed E-state index contributed by atoms with van der Waals surface area (Å²) < 4.78 is 3.73. The van der Waals surface area contributed by atoms with Crippen LogP contribution in [0.15, 0.2) is 18.5 Å². The summed E-state index contributed by atoms with van der Waals surface area (Å²) in [5.74, 6) is 1.03. The average molecular weight is 310 g/mol. The van der Waals surface area contributed by atoms with E-state index in [-0.39, 0.29) is 0 Å². The molecule has 0 aliphatic carbocycles. The number of aryl methyl sites for hydroxylation is 2. The third-order valence-corrected chi connectivity index (χ3v) is 3.56. The molecule has 0 bridgehead atoms. The van der Waals surface area contributed by atoms with Crippen LogP contribution in [0.25, 0.3) is 16.9 Å². The summed E-state index contributed by atoms with van der Waals surface area (Å²) in [6.45, 7) is 2.07. The Morgan fingerprint density at radius 3 is 2.85 bits per heavy atom. The summed E-state index contributed by atoms with van der Waals surface area (Å²) >= 11 is 12.0. The third kappa shape index (κ3) is 2.07. The minimum absolute atomic E-state index is 0.298. The number of rotatable bonds is 3. The Kier molecular flexibility index (Phi) is 3.40. The molecule has 5 nitrogen and oxygen atoms in total. The smallest absolute Gasteiger partial charge is 0.164 e. The van der Waals surface area contributed by atoms with E-state index in [0.717, 1.165) is 34.8 Å². The molecule has 0 atom stereocenters. The van der Waals surface area contributed by atoms with Gasteiger partial charge in [0, 0.05) is 19.4 Å². The van der Waals surface area contributed by atoms with Crippen LogP contribution in [0, 0.1) is 0 Å². The van der Waals surface area contributed by atoms with Gasteiger partial charge < -0.3 is 0 Å². The molecule has 20 heavy (non-hydrogen) atoms. The van der Waals surface area contributed by atoms with Gasteiger partial charge in [-0.15, -0.1) is 11.6 Å². The lowest BCUT2D eigenvalue weighted by atomic mass is 10.3. The molecule has 7 heteroatoms. The first-order valence-electron chi connectivity index (χ1n) is 6.25. The van der Waals surface area contributed by atoms with Gasteiger partial charge in [-0.1, -0.05) is 18.5 Å². The van der Waals surface area contributed by atoms with Crippen molar-refractivity contribution in [2.75, 3.05) is 0 Å². The summed E-state index contributed by atoms with van der Waals surface area (Å²) in [5.41, 5.74) is 3.42. The predicted octanol–water partition coefficient (Wildman–Crippen LogP) is 3.11. The Bertz CT molecular complexity index is 775. The van der Waals surface area contributed by atoms with Crippen molar-refractivity contribution in [3.63, 3.8) is 0 Å². The monoisotopic (exact) mass is 309 g/mol. The lowest BCUT2D eigenvalue weighted by Gasteiger charge is -2.05. The van der Waals surface area contributed by atoms with Crippen molar-refractivity contribution >= 4 is 34.4 Å². The minimum Gasteiger partial charge on any atom is -0.276 e. The molecule has 0 aromatic carbocycles. The Hall–Kier alpha value is -1.59. The highest BCUT2D eigenvalue weighted by Crippen LogP contribution is 2.25. The Balaban J connectivity index is 2.33. The zero-order chi connectivity index (χ0) is 14.3. The summed E-state index contributed by atoms with van der Waals surface area (Å²) in [6.07, 6.45) is 4.39. The van der Waals surface area contributed by atoms with Crippen molar-refractivity contribution in [2.45, 2.75) is 19.2 Å². The molecule has 0 saturated carbocycles. The van der Waals surface area contributed by atoms with Crippen LogP contribution in [-0.4, -0.2) is 24.3 Å². The van der Waals surface area contributed by atoms with Crippen molar-refractivity contribution < 1.29 is 0 Å². The van der Waals surface area contributed by atoms with E-state index in [2.05, 4.69) is 22.0 Å². The molecule has 0 N–H and O–H groups in total. The van der Waals surface area contributed by atoms with Crippen LogP contribution in [-0.2, 0) is 19.3 Å². The molecule has 3 aromatic heterocycles. The number of fused-ring (bicyclic) bond motifs is 1. The maximum absolute atomic E-state index is 6.02. The van der Waals surface area contributed by atoms with Gasteiger partial charge in [0.2, 0.25) is 0 Å². The lowest BCUT2D eigenvalue weighted by molar-refractivity contribution is 0.746. The topological polar surface area (TPSA) is 48.5 Å². The number of imidazole rings is 1. The van der Waals surface area contributed by atoms with E-state index in [4.69, 9.17) is 23.2 Å². The molecule has 0 aliphatic heterocycles. The van der Waals surface area contributed by atoms with Crippen LogP contribution in [0.4, 0.5) is 0 Å². The van der Waals surface area contributed by atoms with Gasteiger partial charge in [-0.2, -0.15) is 5.10 Å². The summed E-state index contributed by atoms with van der Waals surface area (Å²) in [4.78, 5) is 8.88. The molecule has 0 amide bonds. The molecule has 104 valence electrons. The van der Waals surface area contributed by atoms with Crippen LogP contribution < -0.4 is 0 Å². The van der Waals surface area contributed by atoms with Crippen molar-refractivity contribution in [1.82, 2.24) is 24.3 Å². The van der Waals surface area contributed by atoms with Gasteiger partial charge in [0.1, 0.15) is 11.3 Å².